The Bertz CT molecular complexity index is 522. The second-order valence-corrected chi connectivity index (χ2v) is 3.97. The predicted octanol–water partition coefficient (Wildman–Crippen LogP) is -0.495. The summed E-state index contributed by atoms with van der Waals surface area (Å²) in [5.41, 5.74) is 0.205. The first kappa shape index (κ1) is 12.1. The fraction of sp³-hybridized carbons (Fsp3) is 0.400. The molecule has 96 valence electrons. The van der Waals surface area contributed by atoms with Crippen molar-refractivity contribution in [2.24, 2.45) is 7.05 Å². The van der Waals surface area contributed by atoms with Crippen molar-refractivity contribution in [3.63, 3.8) is 0 Å². The topological polar surface area (TPSA) is 97.5 Å². The first-order valence-corrected chi connectivity index (χ1v) is 5.37. The van der Waals surface area contributed by atoms with E-state index in [9.17, 15) is 19.7 Å². The summed E-state index contributed by atoms with van der Waals surface area (Å²) < 4.78 is 1.22. The zero-order valence-corrected chi connectivity index (χ0v) is 9.75. The van der Waals surface area contributed by atoms with E-state index in [-0.39, 0.29) is 29.9 Å². The Morgan fingerprint density at radius 1 is 1.50 bits per heavy atom. The minimum atomic E-state index is -0.556. The zero-order chi connectivity index (χ0) is 13.3. The van der Waals surface area contributed by atoms with Crippen molar-refractivity contribution in [3.8, 4) is 0 Å². The lowest BCUT2D eigenvalue weighted by Gasteiger charge is -2.25. The maximum Gasteiger partial charge on any atom is 0.323 e. The van der Waals surface area contributed by atoms with E-state index in [0.29, 0.717) is 13.1 Å². The highest BCUT2D eigenvalue weighted by atomic mass is 16.6. The van der Waals surface area contributed by atoms with Gasteiger partial charge in [-0.1, -0.05) is 0 Å². The van der Waals surface area contributed by atoms with E-state index in [0.717, 1.165) is 0 Å². The number of rotatable bonds is 2. The standard InChI is InChI=1S/C10H12N4O4/c1-12-7(2-3-9(12)14(17)18)10(16)13-5-4-11-8(15)6-13/h2-3H,4-6H2,1H3,(H,11,15). The van der Waals surface area contributed by atoms with Gasteiger partial charge in [0.15, 0.2) is 5.69 Å². The lowest BCUT2D eigenvalue weighted by molar-refractivity contribution is -0.391. The number of carbonyl (C=O) groups is 2. The smallest absolute Gasteiger partial charge is 0.323 e. The molecule has 2 amide bonds. The molecule has 1 fully saturated rings. The van der Waals surface area contributed by atoms with Crippen LogP contribution in [0.5, 0.6) is 0 Å². The largest absolute Gasteiger partial charge is 0.358 e. The highest BCUT2D eigenvalue weighted by Crippen LogP contribution is 2.16. The SMILES string of the molecule is Cn1c(C(=O)N2CCNC(=O)C2)ccc1[N+](=O)[O-]. The van der Waals surface area contributed by atoms with Crippen molar-refractivity contribution in [2.75, 3.05) is 19.6 Å². The normalized spacial score (nSPS) is 15.4. The Hall–Kier alpha value is -2.38. The van der Waals surface area contributed by atoms with Crippen LogP contribution in [-0.2, 0) is 11.8 Å². The molecule has 2 heterocycles. The molecule has 1 aromatic heterocycles. The average Bonchev–Trinajstić information content (AvgIpc) is 2.70. The summed E-state index contributed by atoms with van der Waals surface area (Å²) in [6.45, 7) is 0.790. The highest BCUT2D eigenvalue weighted by Gasteiger charge is 2.28. The van der Waals surface area contributed by atoms with Crippen LogP contribution in [0.15, 0.2) is 12.1 Å². The van der Waals surface area contributed by atoms with Gasteiger partial charge in [-0.3, -0.25) is 9.59 Å². The van der Waals surface area contributed by atoms with Gasteiger partial charge in [0.2, 0.25) is 5.91 Å². The van der Waals surface area contributed by atoms with Crippen molar-refractivity contribution < 1.29 is 14.5 Å². The highest BCUT2D eigenvalue weighted by molar-refractivity contribution is 5.96. The number of hydrogen-bond acceptors (Lipinski definition) is 4. The summed E-state index contributed by atoms with van der Waals surface area (Å²) in [5.74, 6) is -0.751. The number of nitro groups is 1. The Balaban J connectivity index is 2.23. The third-order valence-electron chi connectivity index (χ3n) is 2.83. The second-order valence-electron chi connectivity index (χ2n) is 3.97. The lowest BCUT2D eigenvalue weighted by Crippen LogP contribution is -2.50. The molecule has 0 radical (unpaired) electrons. The van der Waals surface area contributed by atoms with Gasteiger partial charge in [-0.15, -0.1) is 0 Å². The number of aromatic nitrogens is 1. The zero-order valence-electron chi connectivity index (χ0n) is 9.75. The van der Waals surface area contributed by atoms with E-state index in [1.165, 1.54) is 28.6 Å². The van der Waals surface area contributed by atoms with Crippen LogP contribution in [0, 0.1) is 10.1 Å². The second kappa shape index (κ2) is 4.47. The molecule has 0 aromatic carbocycles. The molecule has 0 aliphatic carbocycles. The number of carbonyl (C=O) groups excluding carboxylic acids is 2. The van der Waals surface area contributed by atoms with Crippen LogP contribution in [0.1, 0.15) is 10.5 Å². The van der Waals surface area contributed by atoms with Gasteiger partial charge in [0, 0.05) is 19.2 Å². The van der Waals surface area contributed by atoms with Gasteiger partial charge >= 0.3 is 5.82 Å². The molecular weight excluding hydrogens is 240 g/mol. The molecule has 1 aliphatic heterocycles. The van der Waals surface area contributed by atoms with Crippen LogP contribution < -0.4 is 5.32 Å². The molecule has 2 rings (SSSR count). The van der Waals surface area contributed by atoms with Gasteiger partial charge in [-0.05, 0) is 11.0 Å². The fourth-order valence-corrected chi connectivity index (χ4v) is 1.87. The van der Waals surface area contributed by atoms with Crippen LogP contribution in [0.2, 0.25) is 0 Å². The molecule has 18 heavy (non-hydrogen) atoms. The summed E-state index contributed by atoms with van der Waals surface area (Å²) in [7, 11) is 1.45. The summed E-state index contributed by atoms with van der Waals surface area (Å²) >= 11 is 0. The third-order valence-corrected chi connectivity index (χ3v) is 2.83. The van der Waals surface area contributed by atoms with Gasteiger partial charge in [0.05, 0.1) is 7.05 Å². The molecule has 0 spiro atoms. The molecule has 1 saturated heterocycles. The first-order valence-electron chi connectivity index (χ1n) is 5.37. The molecule has 0 bridgehead atoms. The summed E-state index contributed by atoms with van der Waals surface area (Å²) in [5, 5.41) is 13.3. The number of nitrogens with zero attached hydrogens (tertiary/aromatic N) is 3. The lowest BCUT2D eigenvalue weighted by atomic mass is 10.3. The summed E-state index contributed by atoms with van der Waals surface area (Å²) in [4.78, 5) is 34.8. The molecule has 8 nitrogen and oxygen atoms in total. The van der Waals surface area contributed by atoms with Gasteiger partial charge < -0.3 is 20.3 Å². The fourth-order valence-electron chi connectivity index (χ4n) is 1.87. The predicted molar refractivity (Wildman–Crippen MR) is 61.0 cm³/mol. The molecule has 0 atom stereocenters. The summed E-state index contributed by atoms with van der Waals surface area (Å²) in [6.07, 6.45) is 0. The first-order chi connectivity index (χ1) is 8.50. The van der Waals surface area contributed by atoms with E-state index in [1.807, 2.05) is 0 Å². The Morgan fingerprint density at radius 3 is 2.78 bits per heavy atom. The quantitative estimate of drug-likeness (QED) is 0.567. The van der Waals surface area contributed by atoms with Crippen LogP contribution in [-0.4, -0.2) is 45.8 Å². The summed E-state index contributed by atoms with van der Waals surface area (Å²) in [6, 6.07) is 2.67. The Morgan fingerprint density at radius 2 is 2.22 bits per heavy atom. The minimum absolute atomic E-state index is 0.0161. The van der Waals surface area contributed by atoms with E-state index >= 15 is 0 Å². The van der Waals surface area contributed by atoms with Crippen molar-refractivity contribution in [3.05, 3.63) is 27.9 Å². The van der Waals surface area contributed by atoms with Crippen LogP contribution in [0.25, 0.3) is 0 Å². The van der Waals surface area contributed by atoms with E-state index in [2.05, 4.69) is 5.32 Å². The van der Waals surface area contributed by atoms with Gasteiger partial charge in [-0.25, -0.2) is 4.57 Å². The van der Waals surface area contributed by atoms with Crippen LogP contribution in [0.3, 0.4) is 0 Å². The van der Waals surface area contributed by atoms with Gasteiger partial charge in [0.1, 0.15) is 6.54 Å². The minimum Gasteiger partial charge on any atom is -0.358 e. The van der Waals surface area contributed by atoms with Gasteiger partial charge in [-0.2, -0.15) is 0 Å². The van der Waals surface area contributed by atoms with Gasteiger partial charge in [0.25, 0.3) is 5.91 Å². The van der Waals surface area contributed by atoms with Crippen molar-refractivity contribution >= 4 is 17.6 Å². The van der Waals surface area contributed by atoms with Crippen LogP contribution in [0.4, 0.5) is 5.82 Å². The number of nitrogens with one attached hydrogen (secondary N) is 1. The Kier molecular flexibility index (Phi) is 3.00. The average molecular weight is 252 g/mol. The number of hydrogen-bond donors (Lipinski definition) is 1. The van der Waals surface area contributed by atoms with Crippen LogP contribution >= 0.6 is 0 Å². The van der Waals surface area contributed by atoms with Crippen molar-refractivity contribution in [1.29, 1.82) is 0 Å². The molecule has 1 aliphatic rings. The molecule has 1 aromatic rings. The van der Waals surface area contributed by atoms with Crippen molar-refractivity contribution in [2.45, 2.75) is 0 Å². The third kappa shape index (κ3) is 2.04. The van der Waals surface area contributed by atoms with E-state index in [1.54, 1.807) is 0 Å². The maximum atomic E-state index is 12.1. The molecule has 0 unspecified atom stereocenters. The van der Waals surface area contributed by atoms with Crippen molar-refractivity contribution in [1.82, 2.24) is 14.8 Å². The Labute approximate surface area is 102 Å². The maximum absolute atomic E-state index is 12.1. The van der Waals surface area contributed by atoms with E-state index in [4.69, 9.17) is 0 Å². The molecular formula is C10H12N4O4. The molecule has 0 saturated carbocycles. The monoisotopic (exact) mass is 252 g/mol. The molecule has 8 heteroatoms. The van der Waals surface area contributed by atoms with E-state index < -0.39 is 4.92 Å². The molecule has 1 N–H and O–H groups in total. The number of piperazine rings is 1. The number of amides is 2.